The summed E-state index contributed by atoms with van der Waals surface area (Å²) in [5, 5.41) is 0.723. The molecule has 1 unspecified atom stereocenters. The van der Waals surface area contributed by atoms with E-state index in [1.807, 2.05) is 42.5 Å². The first kappa shape index (κ1) is 24.3. The molecule has 0 fully saturated rings. The summed E-state index contributed by atoms with van der Waals surface area (Å²) in [4.78, 5) is 30.0. The third-order valence-corrected chi connectivity index (χ3v) is 6.26. The fourth-order valence-corrected chi connectivity index (χ4v) is 4.40. The van der Waals surface area contributed by atoms with Crippen LogP contribution < -0.4 is 14.2 Å². The molecule has 1 aliphatic carbocycles. The van der Waals surface area contributed by atoms with Crippen LogP contribution in [0.3, 0.4) is 0 Å². The maximum atomic E-state index is 13.3. The molecular formula is C28H29NO6. The lowest BCUT2D eigenvalue weighted by atomic mass is 9.86. The maximum Gasteiger partial charge on any atom is 0.339 e. The lowest BCUT2D eigenvalue weighted by Crippen LogP contribution is -2.24. The van der Waals surface area contributed by atoms with Crippen molar-refractivity contribution in [2.45, 2.75) is 39.2 Å². The van der Waals surface area contributed by atoms with E-state index in [1.165, 1.54) is 6.92 Å². The molecule has 0 amide bonds. The molecule has 1 aliphatic rings. The number of fused-ring (bicyclic) bond motifs is 2. The maximum absolute atomic E-state index is 13.3. The fourth-order valence-electron chi connectivity index (χ4n) is 4.40. The highest BCUT2D eigenvalue weighted by Gasteiger charge is 2.27. The molecule has 1 atom stereocenters. The zero-order chi connectivity index (χ0) is 25.1. The van der Waals surface area contributed by atoms with E-state index in [-0.39, 0.29) is 5.78 Å². The van der Waals surface area contributed by atoms with Crippen molar-refractivity contribution < 1.29 is 28.5 Å². The number of esters is 1. The Morgan fingerprint density at radius 1 is 1.00 bits per heavy atom. The number of Topliss-reactive ketones (excluding diaryl/α,β-unsaturated/α-hetero) is 1. The van der Waals surface area contributed by atoms with Gasteiger partial charge in [0.2, 0.25) is 5.75 Å². The quantitative estimate of drug-likeness (QED) is 0.430. The number of para-hydroxylation sites is 1. The second-order valence-corrected chi connectivity index (χ2v) is 8.47. The van der Waals surface area contributed by atoms with Crippen molar-refractivity contribution >= 4 is 34.3 Å². The summed E-state index contributed by atoms with van der Waals surface area (Å²) in [6, 6.07) is 11.3. The number of rotatable bonds is 7. The molecular weight excluding hydrogens is 446 g/mol. The number of pyridine rings is 1. The first-order chi connectivity index (χ1) is 16.9. The number of carbonyl (C=O) groups is 2. The first-order valence-corrected chi connectivity index (χ1v) is 11.5. The van der Waals surface area contributed by atoms with Gasteiger partial charge in [-0.1, -0.05) is 18.2 Å². The number of hydrogen-bond donors (Lipinski definition) is 0. The Hall–Kier alpha value is -3.87. The largest absolute Gasteiger partial charge is 0.493 e. The Balaban J connectivity index is 1.88. The number of benzene rings is 2. The highest BCUT2D eigenvalue weighted by Crippen LogP contribution is 2.41. The summed E-state index contributed by atoms with van der Waals surface area (Å²) in [6.07, 6.45) is 3.57. The minimum Gasteiger partial charge on any atom is -0.493 e. The van der Waals surface area contributed by atoms with Crippen molar-refractivity contribution in [1.82, 2.24) is 4.98 Å². The van der Waals surface area contributed by atoms with Crippen LogP contribution in [0.5, 0.6) is 17.2 Å². The van der Waals surface area contributed by atoms with E-state index in [9.17, 15) is 9.59 Å². The average Bonchev–Trinajstić information content (AvgIpc) is 2.86. The van der Waals surface area contributed by atoms with Gasteiger partial charge in [-0.25, -0.2) is 9.78 Å². The van der Waals surface area contributed by atoms with Gasteiger partial charge < -0.3 is 18.9 Å². The second-order valence-electron chi connectivity index (χ2n) is 8.47. The second kappa shape index (κ2) is 10.2. The van der Waals surface area contributed by atoms with Crippen LogP contribution in [0.4, 0.5) is 0 Å². The van der Waals surface area contributed by atoms with Crippen LogP contribution in [0.1, 0.15) is 53.9 Å². The number of hydrogen-bond acceptors (Lipinski definition) is 7. The minimum absolute atomic E-state index is 0.200. The van der Waals surface area contributed by atoms with E-state index < -0.39 is 12.1 Å². The SMILES string of the molecule is COc1cc(/C=C2\CCCc3c2nc2ccccc2c3C(=O)OC(C)C(C)=O)cc(OC)c1OC. The van der Waals surface area contributed by atoms with Crippen molar-refractivity contribution in [3.8, 4) is 17.2 Å². The first-order valence-electron chi connectivity index (χ1n) is 11.5. The van der Waals surface area contributed by atoms with Crippen LogP contribution in [-0.4, -0.2) is 44.2 Å². The van der Waals surface area contributed by atoms with E-state index in [2.05, 4.69) is 0 Å². The summed E-state index contributed by atoms with van der Waals surface area (Å²) < 4.78 is 22.0. The zero-order valence-electron chi connectivity index (χ0n) is 20.6. The van der Waals surface area contributed by atoms with Gasteiger partial charge in [-0.2, -0.15) is 0 Å². The lowest BCUT2D eigenvalue weighted by molar-refractivity contribution is -0.124. The lowest BCUT2D eigenvalue weighted by Gasteiger charge is -2.23. The van der Waals surface area contributed by atoms with Crippen molar-refractivity contribution in [1.29, 1.82) is 0 Å². The van der Waals surface area contributed by atoms with Gasteiger partial charge in [-0.15, -0.1) is 0 Å². The molecule has 182 valence electrons. The Bertz CT molecular complexity index is 1300. The number of aromatic nitrogens is 1. The zero-order valence-corrected chi connectivity index (χ0v) is 20.6. The van der Waals surface area contributed by atoms with Crippen LogP contribution in [0.25, 0.3) is 22.6 Å². The number of carbonyl (C=O) groups excluding carboxylic acids is 2. The van der Waals surface area contributed by atoms with Crippen LogP contribution >= 0.6 is 0 Å². The molecule has 2 aromatic carbocycles. The van der Waals surface area contributed by atoms with Crippen LogP contribution in [0.15, 0.2) is 36.4 Å². The third-order valence-electron chi connectivity index (χ3n) is 6.26. The summed E-state index contributed by atoms with van der Waals surface area (Å²) >= 11 is 0. The third kappa shape index (κ3) is 4.71. The molecule has 4 rings (SSSR count). The van der Waals surface area contributed by atoms with Crippen molar-refractivity contribution in [2.24, 2.45) is 0 Å². The summed E-state index contributed by atoms with van der Waals surface area (Å²) in [5.41, 5.74) is 4.66. The highest BCUT2D eigenvalue weighted by molar-refractivity contribution is 6.07. The minimum atomic E-state index is -0.817. The van der Waals surface area contributed by atoms with Crippen LogP contribution in [0.2, 0.25) is 0 Å². The number of ether oxygens (including phenoxy) is 4. The number of methoxy groups -OCH3 is 3. The van der Waals surface area contributed by atoms with Gasteiger partial charge in [0.15, 0.2) is 23.4 Å². The summed E-state index contributed by atoms with van der Waals surface area (Å²) in [7, 11) is 4.73. The molecule has 0 radical (unpaired) electrons. The number of nitrogens with zero attached hydrogens (tertiary/aromatic N) is 1. The molecule has 35 heavy (non-hydrogen) atoms. The van der Waals surface area contributed by atoms with Gasteiger partial charge in [-0.05, 0) is 74.1 Å². The fraction of sp³-hybridized carbons (Fsp3) is 0.321. The Morgan fingerprint density at radius 2 is 1.69 bits per heavy atom. The molecule has 7 heteroatoms. The molecule has 0 bridgehead atoms. The van der Waals surface area contributed by atoms with E-state index in [1.54, 1.807) is 28.3 Å². The topological polar surface area (TPSA) is 84.0 Å². The molecule has 1 aromatic heterocycles. The predicted octanol–water partition coefficient (Wildman–Crippen LogP) is 5.27. The highest BCUT2D eigenvalue weighted by atomic mass is 16.5. The van der Waals surface area contributed by atoms with Gasteiger partial charge in [0, 0.05) is 5.39 Å². The Morgan fingerprint density at radius 3 is 2.31 bits per heavy atom. The van der Waals surface area contributed by atoms with Gasteiger partial charge >= 0.3 is 5.97 Å². The molecule has 0 saturated carbocycles. The molecule has 0 N–H and O–H groups in total. The molecule has 0 saturated heterocycles. The van der Waals surface area contributed by atoms with Crippen molar-refractivity contribution in [2.75, 3.05) is 21.3 Å². The summed E-state index contributed by atoms with van der Waals surface area (Å²) in [6.45, 7) is 3.00. The van der Waals surface area contributed by atoms with E-state index in [0.29, 0.717) is 34.7 Å². The summed E-state index contributed by atoms with van der Waals surface area (Å²) in [5.74, 6) is 0.937. The molecule has 3 aromatic rings. The van der Waals surface area contributed by atoms with Crippen LogP contribution in [0, 0.1) is 0 Å². The van der Waals surface area contributed by atoms with Gasteiger partial charge in [0.05, 0.1) is 38.1 Å². The molecule has 7 nitrogen and oxygen atoms in total. The predicted molar refractivity (Wildman–Crippen MR) is 134 cm³/mol. The molecule has 1 heterocycles. The van der Waals surface area contributed by atoms with Gasteiger partial charge in [-0.3, -0.25) is 4.79 Å². The van der Waals surface area contributed by atoms with Gasteiger partial charge in [0.1, 0.15) is 0 Å². The average molecular weight is 476 g/mol. The molecule has 0 aliphatic heterocycles. The van der Waals surface area contributed by atoms with Gasteiger partial charge in [0.25, 0.3) is 0 Å². The molecule has 0 spiro atoms. The monoisotopic (exact) mass is 475 g/mol. The van der Waals surface area contributed by atoms with E-state index in [4.69, 9.17) is 23.9 Å². The van der Waals surface area contributed by atoms with Crippen molar-refractivity contribution in [3.05, 3.63) is 58.8 Å². The Kier molecular flexibility index (Phi) is 7.05. The standard InChI is InChI=1S/C28H29NO6/c1-16(30)17(2)35-28(31)25-20-10-6-7-12-22(20)29-26-19(9-8-11-21(25)26)13-18-14-23(32-3)27(34-5)24(15-18)33-4/h6-7,10,12-15,17H,8-9,11H2,1-5H3/b19-13+. The van der Waals surface area contributed by atoms with E-state index in [0.717, 1.165) is 40.6 Å². The van der Waals surface area contributed by atoms with Crippen molar-refractivity contribution in [3.63, 3.8) is 0 Å². The Labute approximate surface area is 204 Å². The number of allylic oxidation sites excluding steroid dienone is 1. The van der Waals surface area contributed by atoms with Crippen LogP contribution in [-0.2, 0) is 16.0 Å². The van der Waals surface area contributed by atoms with E-state index >= 15 is 0 Å². The smallest absolute Gasteiger partial charge is 0.339 e. The number of ketones is 1. The normalized spacial score (nSPS) is 14.8.